The van der Waals surface area contributed by atoms with Crippen LogP contribution in [0.25, 0.3) is 0 Å². The highest BCUT2D eigenvalue weighted by molar-refractivity contribution is 14.0. The standard InChI is InChI=1S/C19H25N5O2S.HI/c1-2-21-19(22-10-9-16-4-3-11-27-16)24-12-14-5-7-15(8-6-14)18(26)23-13-17(20)25;/h3-8,11H,2,9-10,12-13H2,1H3,(H2,20,25)(H,23,26)(H2,21,22,24);1H. The number of nitrogens with two attached hydrogens (primary N) is 1. The van der Waals surface area contributed by atoms with E-state index in [1.807, 2.05) is 19.1 Å². The van der Waals surface area contributed by atoms with E-state index < -0.39 is 5.91 Å². The van der Waals surface area contributed by atoms with Crippen molar-refractivity contribution in [3.63, 3.8) is 0 Å². The number of rotatable bonds is 9. The number of benzene rings is 1. The molecule has 152 valence electrons. The highest BCUT2D eigenvalue weighted by atomic mass is 127. The van der Waals surface area contributed by atoms with Crippen molar-refractivity contribution in [3.8, 4) is 0 Å². The normalized spacial score (nSPS) is 10.7. The summed E-state index contributed by atoms with van der Waals surface area (Å²) in [6.07, 6.45) is 0.956. The summed E-state index contributed by atoms with van der Waals surface area (Å²) in [5.74, 6) is -0.137. The Hall–Kier alpha value is -2.14. The number of hydrogen-bond acceptors (Lipinski definition) is 4. The molecule has 2 aromatic rings. The predicted molar refractivity (Wildman–Crippen MR) is 124 cm³/mol. The van der Waals surface area contributed by atoms with Gasteiger partial charge in [0, 0.05) is 23.5 Å². The van der Waals surface area contributed by atoms with Gasteiger partial charge in [-0.3, -0.25) is 9.59 Å². The van der Waals surface area contributed by atoms with Gasteiger partial charge in [-0.1, -0.05) is 18.2 Å². The zero-order valence-electron chi connectivity index (χ0n) is 15.7. The molecule has 1 aromatic heterocycles. The molecule has 0 atom stereocenters. The maximum absolute atomic E-state index is 11.9. The van der Waals surface area contributed by atoms with Gasteiger partial charge in [-0.2, -0.15) is 0 Å². The third-order valence-electron chi connectivity index (χ3n) is 3.65. The van der Waals surface area contributed by atoms with Gasteiger partial charge in [0.2, 0.25) is 5.91 Å². The minimum atomic E-state index is -0.572. The van der Waals surface area contributed by atoms with Gasteiger partial charge in [0.25, 0.3) is 5.91 Å². The van der Waals surface area contributed by atoms with Crippen molar-refractivity contribution in [2.75, 3.05) is 19.6 Å². The van der Waals surface area contributed by atoms with E-state index in [4.69, 9.17) is 5.73 Å². The maximum atomic E-state index is 11.9. The second kappa shape index (κ2) is 13.1. The Morgan fingerprint density at radius 3 is 2.46 bits per heavy atom. The molecule has 2 amide bonds. The van der Waals surface area contributed by atoms with E-state index in [0.717, 1.165) is 31.0 Å². The molecule has 0 aliphatic carbocycles. The zero-order chi connectivity index (χ0) is 19.5. The van der Waals surface area contributed by atoms with E-state index in [0.29, 0.717) is 12.1 Å². The Balaban J connectivity index is 0.00000392. The number of primary amides is 1. The number of carbonyl (C=O) groups excluding carboxylic acids is 2. The predicted octanol–water partition coefficient (Wildman–Crippen LogP) is 1.88. The van der Waals surface area contributed by atoms with Crippen LogP contribution in [-0.2, 0) is 17.8 Å². The first-order valence-electron chi connectivity index (χ1n) is 8.78. The molecule has 5 N–H and O–H groups in total. The molecule has 0 fully saturated rings. The number of amides is 2. The summed E-state index contributed by atoms with van der Waals surface area (Å²) in [5.41, 5.74) is 6.48. The van der Waals surface area contributed by atoms with Crippen molar-refractivity contribution in [1.82, 2.24) is 16.0 Å². The molecule has 1 heterocycles. The molecule has 0 unspecified atom stereocenters. The third-order valence-corrected chi connectivity index (χ3v) is 4.58. The van der Waals surface area contributed by atoms with Crippen LogP contribution in [0.5, 0.6) is 0 Å². The van der Waals surface area contributed by atoms with Gasteiger partial charge >= 0.3 is 0 Å². The van der Waals surface area contributed by atoms with Crippen LogP contribution < -0.4 is 21.7 Å². The Kier molecular flexibility index (Phi) is 11.2. The fourth-order valence-electron chi connectivity index (χ4n) is 2.30. The molecule has 2 rings (SSSR count). The number of nitrogens with one attached hydrogen (secondary N) is 3. The summed E-state index contributed by atoms with van der Waals surface area (Å²) in [7, 11) is 0. The molecule has 0 aliphatic heterocycles. The summed E-state index contributed by atoms with van der Waals surface area (Å²) in [5, 5.41) is 11.1. The van der Waals surface area contributed by atoms with Crippen molar-refractivity contribution in [2.24, 2.45) is 10.7 Å². The van der Waals surface area contributed by atoms with E-state index in [9.17, 15) is 9.59 Å². The quantitative estimate of drug-likeness (QED) is 0.232. The second-order valence-corrected chi connectivity index (χ2v) is 6.83. The maximum Gasteiger partial charge on any atom is 0.251 e. The number of carbonyl (C=O) groups is 2. The summed E-state index contributed by atoms with van der Waals surface area (Å²) < 4.78 is 0. The van der Waals surface area contributed by atoms with E-state index in [-0.39, 0.29) is 36.4 Å². The van der Waals surface area contributed by atoms with Gasteiger partial charge in [-0.05, 0) is 42.5 Å². The SMILES string of the molecule is CCNC(=NCc1ccc(C(=O)NCC(N)=O)cc1)NCCc1cccs1.I. The summed E-state index contributed by atoms with van der Waals surface area (Å²) in [6.45, 7) is 3.94. The Labute approximate surface area is 186 Å². The molecule has 0 saturated heterocycles. The lowest BCUT2D eigenvalue weighted by molar-refractivity contribution is -0.117. The topological polar surface area (TPSA) is 109 Å². The van der Waals surface area contributed by atoms with Crippen LogP contribution in [-0.4, -0.2) is 37.4 Å². The molecule has 7 nitrogen and oxygen atoms in total. The molecule has 1 aromatic carbocycles. The minimum Gasteiger partial charge on any atom is -0.368 e. The van der Waals surface area contributed by atoms with Crippen LogP contribution in [0.3, 0.4) is 0 Å². The van der Waals surface area contributed by atoms with E-state index >= 15 is 0 Å². The Morgan fingerprint density at radius 1 is 1.11 bits per heavy atom. The van der Waals surface area contributed by atoms with Crippen LogP contribution in [0.15, 0.2) is 46.8 Å². The van der Waals surface area contributed by atoms with Crippen molar-refractivity contribution in [1.29, 1.82) is 0 Å². The lowest BCUT2D eigenvalue weighted by atomic mass is 10.1. The zero-order valence-corrected chi connectivity index (χ0v) is 18.9. The molecular weight excluding hydrogens is 489 g/mol. The van der Waals surface area contributed by atoms with Gasteiger partial charge < -0.3 is 21.7 Å². The molecule has 0 spiro atoms. The second-order valence-electron chi connectivity index (χ2n) is 5.80. The Bertz CT molecular complexity index is 763. The first-order chi connectivity index (χ1) is 13.1. The van der Waals surface area contributed by atoms with Crippen LogP contribution >= 0.6 is 35.3 Å². The van der Waals surface area contributed by atoms with Crippen molar-refractivity contribution >= 4 is 53.1 Å². The molecule has 0 bridgehead atoms. The number of guanidine groups is 1. The van der Waals surface area contributed by atoms with Gasteiger partial charge in [-0.25, -0.2) is 4.99 Å². The first-order valence-corrected chi connectivity index (χ1v) is 9.66. The van der Waals surface area contributed by atoms with Gasteiger partial charge in [0.1, 0.15) is 0 Å². The van der Waals surface area contributed by atoms with Gasteiger partial charge in [-0.15, -0.1) is 35.3 Å². The largest absolute Gasteiger partial charge is 0.368 e. The smallest absolute Gasteiger partial charge is 0.251 e. The molecule has 0 saturated carbocycles. The fraction of sp³-hybridized carbons (Fsp3) is 0.316. The number of halogens is 1. The van der Waals surface area contributed by atoms with E-state index in [1.54, 1.807) is 23.5 Å². The van der Waals surface area contributed by atoms with Crippen LogP contribution in [0.4, 0.5) is 0 Å². The van der Waals surface area contributed by atoms with Crippen LogP contribution in [0.1, 0.15) is 27.7 Å². The Morgan fingerprint density at radius 2 is 1.86 bits per heavy atom. The summed E-state index contributed by atoms with van der Waals surface area (Å²) >= 11 is 1.75. The van der Waals surface area contributed by atoms with Gasteiger partial charge in [0.15, 0.2) is 5.96 Å². The summed E-state index contributed by atoms with van der Waals surface area (Å²) in [4.78, 5) is 28.5. The summed E-state index contributed by atoms with van der Waals surface area (Å²) in [6, 6.07) is 11.3. The fourth-order valence-corrected chi connectivity index (χ4v) is 3.01. The van der Waals surface area contributed by atoms with Crippen LogP contribution in [0.2, 0.25) is 0 Å². The first kappa shape index (κ1) is 23.9. The van der Waals surface area contributed by atoms with E-state index in [2.05, 4.69) is 38.5 Å². The van der Waals surface area contributed by atoms with Crippen molar-refractivity contribution < 1.29 is 9.59 Å². The highest BCUT2D eigenvalue weighted by Crippen LogP contribution is 2.08. The van der Waals surface area contributed by atoms with Crippen molar-refractivity contribution in [3.05, 3.63) is 57.8 Å². The highest BCUT2D eigenvalue weighted by Gasteiger charge is 2.06. The third kappa shape index (κ3) is 8.70. The number of thiophene rings is 1. The van der Waals surface area contributed by atoms with Gasteiger partial charge in [0.05, 0.1) is 13.1 Å². The van der Waals surface area contributed by atoms with Crippen LogP contribution in [0, 0.1) is 0 Å². The molecule has 9 heteroatoms. The lowest BCUT2D eigenvalue weighted by Gasteiger charge is -2.11. The van der Waals surface area contributed by atoms with E-state index in [1.165, 1.54) is 4.88 Å². The number of hydrogen-bond donors (Lipinski definition) is 4. The number of aliphatic imine (C=N–C) groups is 1. The average Bonchev–Trinajstić information content (AvgIpc) is 3.18. The minimum absolute atomic E-state index is 0. The van der Waals surface area contributed by atoms with Crippen molar-refractivity contribution in [2.45, 2.75) is 19.9 Å². The molecule has 0 radical (unpaired) electrons. The lowest BCUT2D eigenvalue weighted by Crippen LogP contribution is -2.38. The number of nitrogens with zero attached hydrogens (tertiary/aromatic N) is 1. The molecule has 0 aliphatic rings. The molecular formula is C19H26IN5O2S. The average molecular weight is 515 g/mol. The molecule has 28 heavy (non-hydrogen) atoms. The monoisotopic (exact) mass is 515 g/mol.